The maximum absolute atomic E-state index is 13.5. The summed E-state index contributed by atoms with van der Waals surface area (Å²) in [7, 11) is -4.04. The van der Waals surface area contributed by atoms with E-state index >= 15 is 0 Å². The van der Waals surface area contributed by atoms with Crippen LogP contribution in [0, 0.1) is 11.6 Å². The molecular weight excluding hydrogens is 534 g/mol. The average Bonchev–Trinajstić information content (AvgIpc) is 2.75. The monoisotopic (exact) mass is 560 g/mol. The Morgan fingerprint density at radius 3 is 2.62 bits per heavy atom. The maximum atomic E-state index is 13.5. The molecule has 1 N–H and O–H groups in total. The minimum Gasteiger partial charge on any atom is -0.483 e. The predicted molar refractivity (Wildman–Crippen MR) is 127 cm³/mol. The zero-order valence-corrected chi connectivity index (χ0v) is 21.1. The number of hydrogen-bond donors (Lipinski definition) is 1. The topological polar surface area (TPSA) is 87.2 Å². The van der Waals surface area contributed by atoms with Gasteiger partial charge in [-0.25, -0.2) is 8.78 Å². The number of amides is 1. The summed E-state index contributed by atoms with van der Waals surface area (Å²) in [6.07, 6.45) is 0.582. The third-order valence-electron chi connectivity index (χ3n) is 5.64. The highest BCUT2D eigenvalue weighted by Crippen LogP contribution is 2.25. The molecule has 1 atom stereocenters. The number of ether oxygens (including phenoxy) is 1. The van der Waals surface area contributed by atoms with E-state index in [1.807, 2.05) is 6.92 Å². The van der Waals surface area contributed by atoms with Crippen LogP contribution in [0.5, 0.6) is 5.75 Å². The number of carbonyl (C=O) groups excluding carboxylic acids is 1. The Morgan fingerprint density at radius 2 is 1.94 bits per heavy atom. The minimum atomic E-state index is -4.04. The van der Waals surface area contributed by atoms with Gasteiger partial charge >= 0.3 is 0 Å². The third kappa shape index (κ3) is 7.72. The molecule has 0 radical (unpaired) electrons. The summed E-state index contributed by atoms with van der Waals surface area (Å²) in [5.41, 5.74) is 1.40. The Labute approximate surface area is 206 Å². The number of piperazine rings is 1. The molecule has 186 valence electrons. The van der Waals surface area contributed by atoms with E-state index in [-0.39, 0.29) is 30.7 Å². The smallest absolute Gasteiger partial charge is 0.264 e. The molecule has 34 heavy (non-hydrogen) atoms. The summed E-state index contributed by atoms with van der Waals surface area (Å²) in [5, 5.41) is 0. The summed E-state index contributed by atoms with van der Waals surface area (Å²) >= 11 is 3.37. The van der Waals surface area contributed by atoms with Crippen molar-refractivity contribution in [2.45, 2.75) is 32.4 Å². The van der Waals surface area contributed by atoms with Gasteiger partial charge in [0.05, 0.1) is 5.75 Å². The quantitative estimate of drug-likeness (QED) is 0.471. The number of aryl methyl sites for hydroxylation is 1. The van der Waals surface area contributed by atoms with Gasteiger partial charge in [0.2, 0.25) is 0 Å². The molecule has 0 aliphatic carbocycles. The van der Waals surface area contributed by atoms with Gasteiger partial charge in [-0.1, -0.05) is 22.0 Å². The van der Waals surface area contributed by atoms with Crippen molar-refractivity contribution < 1.29 is 31.3 Å². The van der Waals surface area contributed by atoms with Crippen molar-refractivity contribution in [1.29, 1.82) is 0 Å². The van der Waals surface area contributed by atoms with Gasteiger partial charge in [-0.05, 0) is 61.2 Å². The molecule has 1 aliphatic rings. The Balaban J connectivity index is 1.54. The van der Waals surface area contributed by atoms with Crippen molar-refractivity contribution in [3.8, 4) is 5.75 Å². The lowest BCUT2D eigenvalue weighted by molar-refractivity contribution is -0.138. The van der Waals surface area contributed by atoms with Gasteiger partial charge in [-0.15, -0.1) is 0 Å². The fourth-order valence-corrected chi connectivity index (χ4v) is 4.91. The summed E-state index contributed by atoms with van der Waals surface area (Å²) in [5.74, 6) is -1.80. The summed E-state index contributed by atoms with van der Waals surface area (Å²) in [4.78, 5) is 16.6. The summed E-state index contributed by atoms with van der Waals surface area (Å²) < 4.78 is 64.1. The van der Waals surface area contributed by atoms with Gasteiger partial charge < -0.3 is 9.64 Å². The average molecular weight is 561 g/mol. The SMILES string of the molecule is CC1CN(Cc2ccc(F)c(F)c2)CCN1C(=O)COc1ccc(Br)cc1CCCS(=O)(=O)O. The predicted octanol–water partition coefficient (Wildman–Crippen LogP) is 3.66. The van der Waals surface area contributed by atoms with Crippen LogP contribution in [0.2, 0.25) is 0 Å². The Bertz CT molecular complexity index is 1130. The number of carbonyl (C=O) groups is 1. The van der Waals surface area contributed by atoms with Gasteiger partial charge in [0.25, 0.3) is 16.0 Å². The molecular formula is C23H27BrF2N2O5S. The van der Waals surface area contributed by atoms with Gasteiger partial charge in [-0.3, -0.25) is 14.2 Å². The highest BCUT2D eigenvalue weighted by atomic mass is 79.9. The fraction of sp³-hybridized carbons (Fsp3) is 0.435. The van der Waals surface area contributed by atoms with Gasteiger partial charge in [0, 0.05) is 36.7 Å². The Kier molecular flexibility index (Phi) is 9.02. The normalized spacial score (nSPS) is 17.1. The van der Waals surface area contributed by atoms with Crippen LogP contribution in [0.1, 0.15) is 24.5 Å². The first-order valence-corrected chi connectivity index (χ1v) is 13.2. The van der Waals surface area contributed by atoms with E-state index in [1.165, 1.54) is 6.07 Å². The van der Waals surface area contributed by atoms with Crippen LogP contribution in [0.4, 0.5) is 8.78 Å². The van der Waals surface area contributed by atoms with E-state index in [1.54, 1.807) is 29.2 Å². The molecule has 11 heteroatoms. The van der Waals surface area contributed by atoms with Crippen LogP contribution in [0.15, 0.2) is 40.9 Å². The molecule has 0 spiro atoms. The number of benzene rings is 2. The summed E-state index contributed by atoms with van der Waals surface area (Å²) in [6, 6.07) is 9.05. The van der Waals surface area contributed by atoms with E-state index < -0.39 is 21.8 Å². The third-order valence-corrected chi connectivity index (χ3v) is 6.94. The summed E-state index contributed by atoms with van der Waals surface area (Å²) in [6.45, 7) is 3.88. The molecule has 2 aromatic rings. The van der Waals surface area contributed by atoms with Crippen LogP contribution >= 0.6 is 15.9 Å². The van der Waals surface area contributed by atoms with E-state index in [0.717, 1.165) is 16.1 Å². The second-order valence-corrected chi connectivity index (χ2v) is 10.8. The molecule has 1 unspecified atom stereocenters. The molecule has 1 amide bonds. The highest BCUT2D eigenvalue weighted by molar-refractivity contribution is 9.10. The zero-order chi connectivity index (χ0) is 24.9. The molecule has 1 fully saturated rings. The molecule has 2 aromatic carbocycles. The van der Waals surface area contributed by atoms with Crippen LogP contribution in [-0.2, 0) is 27.9 Å². The van der Waals surface area contributed by atoms with Gasteiger partial charge in [0.1, 0.15) is 5.75 Å². The van der Waals surface area contributed by atoms with Crippen LogP contribution in [-0.4, -0.2) is 66.7 Å². The molecule has 1 saturated heterocycles. The van der Waals surface area contributed by atoms with Crippen molar-refractivity contribution in [2.75, 3.05) is 32.0 Å². The van der Waals surface area contributed by atoms with E-state index in [4.69, 9.17) is 9.29 Å². The van der Waals surface area contributed by atoms with E-state index in [9.17, 15) is 22.0 Å². The second-order valence-electron chi connectivity index (χ2n) is 8.35. The second kappa shape index (κ2) is 11.6. The van der Waals surface area contributed by atoms with Crippen LogP contribution in [0.3, 0.4) is 0 Å². The highest BCUT2D eigenvalue weighted by Gasteiger charge is 2.28. The molecule has 0 bridgehead atoms. The zero-order valence-electron chi connectivity index (χ0n) is 18.7. The fourth-order valence-electron chi connectivity index (χ4n) is 3.99. The number of nitrogens with zero attached hydrogens (tertiary/aromatic N) is 2. The first-order valence-electron chi connectivity index (χ1n) is 10.8. The number of rotatable bonds is 9. The van der Waals surface area contributed by atoms with E-state index in [0.29, 0.717) is 43.9 Å². The lowest BCUT2D eigenvalue weighted by Crippen LogP contribution is -2.54. The van der Waals surface area contributed by atoms with Crippen molar-refractivity contribution in [2.24, 2.45) is 0 Å². The Morgan fingerprint density at radius 1 is 1.18 bits per heavy atom. The molecule has 1 aliphatic heterocycles. The number of hydrogen-bond acceptors (Lipinski definition) is 5. The standard InChI is InChI=1S/C23H27BrF2N2O5S/c1-16-13-27(14-17-4-6-20(25)21(26)11-17)8-9-28(16)23(29)15-33-22-7-5-19(24)12-18(22)3-2-10-34(30,31)32/h4-7,11-12,16H,2-3,8-10,13-15H2,1H3,(H,30,31,32). The first-order chi connectivity index (χ1) is 16.0. The van der Waals surface area contributed by atoms with E-state index in [2.05, 4.69) is 20.8 Å². The lowest BCUT2D eigenvalue weighted by atomic mass is 10.1. The first kappa shape index (κ1) is 26.5. The molecule has 7 nitrogen and oxygen atoms in total. The molecule has 3 rings (SSSR count). The molecule has 0 saturated carbocycles. The van der Waals surface area contributed by atoms with Crippen molar-refractivity contribution in [1.82, 2.24) is 9.80 Å². The number of halogens is 3. The van der Waals surface area contributed by atoms with Crippen molar-refractivity contribution in [3.63, 3.8) is 0 Å². The Hall–Kier alpha value is -2.08. The van der Waals surface area contributed by atoms with Crippen LogP contribution in [0.25, 0.3) is 0 Å². The molecule has 0 aromatic heterocycles. The lowest BCUT2D eigenvalue weighted by Gasteiger charge is -2.40. The maximum Gasteiger partial charge on any atom is 0.264 e. The minimum absolute atomic E-state index is 0.0886. The largest absolute Gasteiger partial charge is 0.483 e. The van der Waals surface area contributed by atoms with Crippen molar-refractivity contribution in [3.05, 3.63) is 63.6 Å². The van der Waals surface area contributed by atoms with Crippen LogP contribution < -0.4 is 4.74 Å². The van der Waals surface area contributed by atoms with Crippen molar-refractivity contribution >= 4 is 32.0 Å². The van der Waals surface area contributed by atoms with Gasteiger partial charge in [0.15, 0.2) is 18.2 Å². The van der Waals surface area contributed by atoms with Gasteiger partial charge in [-0.2, -0.15) is 8.42 Å². The molecule has 1 heterocycles.